The number of pyridine rings is 1. The molecular weight excluding hydrogens is 312 g/mol. The van der Waals surface area contributed by atoms with Crippen LogP contribution < -0.4 is 16.0 Å². The summed E-state index contributed by atoms with van der Waals surface area (Å²) in [6.07, 6.45) is 6.39. The number of unbranched alkanes of at least 4 members (excludes halogenated alkanes) is 1. The van der Waals surface area contributed by atoms with E-state index >= 15 is 0 Å². The lowest BCUT2D eigenvalue weighted by Gasteiger charge is -2.35. The third kappa shape index (κ3) is 7.30. The van der Waals surface area contributed by atoms with Gasteiger partial charge in [-0.25, -0.2) is 4.98 Å². The molecule has 2 heterocycles. The van der Waals surface area contributed by atoms with Gasteiger partial charge in [0.2, 0.25) is 0 Å². The summed E-state index contributed by atoms with van der Waals surface area (Å²) in [6.45, 7) is 8.78. The zero-order valence-electron chi connectivity index (χ0n) is 16.0. The molecule has 0 saturated carbocycles. The largest absolute Gasteiger partial charge is 0.370 e. The quantitative estimate of drug-likeness (QED) is 0.383. The van der Waals surface area contributed by atoms with E-state index < -0.39 is 0 Å². The van der Waals surface area contributed by atoms with Crippen molar-refractivity contribution in [2.75, 3.05) is 38.5 Å². The highest BCUT2D eigenvalue weighted by molar-refractivity contribution is 5.79. The van der Waals surface area contributed by atoms with Crippen molar-refractivity contribution >= 4 is 11.8 Å². The average Bonchev–Trinajstić information content (AvgIpc) is 2.64. The number of aliphatic imine (C=N–C) groups is 1. The highest BCUT2D eigenvalue weighted by Gasteiger charge is 2.21. The van der Waals surface area contributed by atoms with Crippen molar-refractivity contribution in [1.29, 1.82) is 0 Å². The normalized spacial score (nSPS) is 16.9. The molecule has 6 heteroatoms. The minimum Gasteiger partial charge on any atom is -0.370 e. The van der Waals surface area contributed by atoms with E-state index in [9.17, 15) is 0 Å². The number of hydrogen-bond donors (Lipinski definition) is 3. The Kier molecular flexibility index (Phi) is 8.52. The average molecular weight is 347 g/mol. The Balaban J connectivity index is 1.55. The molecular formula is C19H34N6. The van der Waals surface area contributed by atoms with Gasteiger partial charge in [0.05, 0.1) is 0 Å². The second kappa shape index (κ2) is 10.9. The van der Waals surface area contributed by atoms with Crippen LogP contribution in [0.2, 0.25) is 0 Å². The van der Waals surface area contributed by atoms with Crippen molar-refractivity contribution < 1.29 is 0 Å². The number of likely N-dealkylation sites (tertiary alicyclic amines) is 1. The zero-order valence-corrected chi connectivity index (χ0v) is 16.0. The summed E-state index contributed by atoms with van der Waals surface area (Å²) in [6, 6.07) is 7.11. The Bertz CT molecular complexity index is 494. The molecule has 140 valence electrons. The summed E-state index contributed by atoms with van der Waals surface area (Å²) in [7, 11) is 1.85. The maximum absolute atomic E-state index is 4.36. The second-order valence-corrected chi connectivity index (χ2v) is 6.90. The minimum atomic E-state index is 0.534. The first-order valence-corrected chi connectivity index (χ1v) is 9.55. The maximum Gasteiger partial charge on any atom is 0.191 e. The Morgan fingerprint density at radius 2 is 2.00 bits per heavy atom. The molecule has 0 aliphatic carbocycles. The number of guanidine groups is 1. The summed E-state index contributed by atoms with van der Waals surface area (Å²) in [5, 5.41) is 10.3. The molecule has 25 heavy (non-hydrogen) atoms. The Morgan fingerprint density at radius 3 is 2.64 bits per heavy atom. The van der Waals surface area contributed by atoms with Gasteiger partial charge in [0.15, 0.2) is 5.96 Å². The van der Waals surface area contributed by atoms with Crippen molar-refractivity contribution in [3.05, 3.63) is 24.4 Å². The van der Waals surface area contributed by atoms with Crippen LogP contribution in [0.4, 0.5) is 5.82 Å². The molecule has 0 amide bonds. The first kappa shape index (κ1) is 19.5. The van der Waals surface area contributed by atoms with Crippen molar-refractivity contribution in [2.24, 2.45) is 4.99 Å². The van der Waals surface area contributed by atoms with E-state index in [4.69, 9.17) is 0 Å². The molecule has 1 aliphatic rings. The van der Waals surface area contributed by atoms with Gasteiger partial charge >= 0.3 is 0 Å². The maximum atomic E-state index is 4.36. The lowest BCUT2D eigenvalue weighted by molar-refractivity contribution is 0.167. The third-order valence-electron chi connectivity index (χ3n) is 4.69. The van der Waals surface area contributed by atoms with E-state index in [0.717, 1.165) is 37.7 Å². The summed E-state index contributed by atoms with van der Waals surface area (Å²) < 4.78 is 0. The van der Waals surface area contributed by atoms with Gasteiger partial charge in [-0.3, -0.25) is 4.99 Å². The molecule has 0 bridgehead atoms. The minimum absolute atomic E-state index is 0.534. The summed E-state index contributed by atoms with van der Waals surface area (Å²) in [5.74, 6) is 1.88. The first-order chi connectivity index (χ1) is 12.2. The summed E-state index contributed by atoms with van der Waals surface area (Å²) >= 11 is 0. The highest BCUT2D eigenvalue weighted by Crippen LogP contribution is 2.12. The van der Waals surface area contributed by atoms with E-state index in [2.05, 4.69) is 44.7 Å². The number of rotatable bonds is 8. The van der Waals surface area contributed by atoms with Gasteiger partial charge < -0.3 is 20.9 Å². The van der Waals surface area contributed by atoms with Crippen LogP contribution in [0.15, 0.2) is 29.4 Å². The van der Waals surface area contributed by atoms with Gasteiger partial charge in [0.1, 0.15) is 5.82 Å². The number of hydrogen-bond acceptors (Lipinski definition) is 4. The predicted octanol–water partition coefficient (Wildman–Crippen LogP) is 2.31. The second-order valence-electron chi connectivity index (χ2n) is 6.90. The molecule has 0 aromatic carbocycles. The van der Waals surface area contributed by atoms with E-state index in [-0.39, 0.29) is 0 Å². The monoisotopic (exact) mass is 346 g/mol. The molecule has 2 rings (SSSR count). The Labute approximate surface area is 152 Å². The molecule has 1 aliphatic heterocycles. The van der Waals surface area contributed by atoms with Crippen molar-refractivity contribution in [1.82, 2.24) is 20.5 Å². The van der Waals surface area contributed by atoms with Crippen LogP contribution >= 0.6 is 0 Å². The molecule has 0 atom stereocenters. The van der Waals surface area contributed by atoms with Crippen molar-refractivity contribution in [2.45, 2.75) is 51.6 Å². The van der Waals surface area contributed by atoms with E-state index in [1.54, 1.807) is 0 Å². The van der Waals surface area contributed by atoms with E-state index in [1.165, 1.54) is 25.9 Å². The van der Waals surface area contributed by atoms with Gasteiger partial charge in [0, 0.05) is 51.5 Å². The standard InChI is InChI=1S/C19H34N6/c1-16(2)25-14-9-17(10-15-25)24-19(20-3)23-13-7-6-12-22-18-8-4-5-11-21-18/h4-5,8,11,16-17H,6-7,9-10,12-15H2,1-3H3,(H,21,22)(H2,20,23,24). The van der Waals surface area contributed by atoms with Crippen LogP contribution in [0.1, 0.15) is 39.5 Å². The predicted molar refractivity (Wildman–Crippen MR) is 106 cm³/mol. The van der Waals surface area contributed by atoms with Crippen LogP contribution in [-0.4, -0.2) is 61.2 Å². The molecule has 1 fully saturated rings. The fourth-order valence-corrected chi connectivity index (χ4v) is 3.09. The van der Waals surface area contributed by atoms with Crippen LogP contribution in [-0.2, 0) is 0 Å². The van der Waals surface area contributed by atoms with Crippen molar-refractivity contribution in [3.8, 4) is 0 Å². The fraction of sp³-hybridized carbons (Fsp3) is 0.684. The molecule has 6 nitrogen and oxygen atoms in total. The lowest BCUT2D eigenvalue weighted by atomic mass is 10.0. The number of piperidine rings is 1. The molecule has 0 unspecified atom stereocenters. The van der Waals surface area contributed by atoms with Crippen LogP contribution in [0.25, 0.3) is 0 Å². The van der Waals surface area contributed by atoms with Crippen LogP contribution in [0, 0.1) is 0 Å². The molecule has 1 saturated heterocycles. The fourth-order valence-electron chi connectivity index (χ4n) is 3.09. The topological polar surface area (TPSA) is 64.6 Å². The van der Waals surface area contributed by atoms with Crippen LogP contribution in [0.5, 0.6) is 0 Å². The van der Waals surface area contributed by atoms with Gasteiger partial charge in [-0.1, -0.05) is 6.07 Å². The molecule has 0 radical (unpaired) electrons. The molecule has 1 aromatic heterocycles. The van der Waals surface area contributed by atoms with Gasteiger partial charge in [-0.2, -0.15) is 0 Å². The van der Waals surface area contributed by atoms with Gasteiger partial charge in [-0.05, 0) is 51.7 Å². The van der Waals surface area contributed by atoms with Crippen LogP contribution in [0.3, 0.4) is 0 Å². The zero-order chi connectivity index (χ0) is 17.9. The van der Waals surface area contributed by atoms with Gasteiger partial charge in [-0.15, -0.1) is 0 Å². The number of nitrogens with zero attached hydrogens (tertiary/aromatic N) is 3. The lowest BCUT2D eigenvalue weighted by Crippen LogP contribution is -2.50. The molecule has 0 spiro atoms. The first-order valence-electron chi connectivity index (χ1n) is 9.55. The summed E-state index contributed by atoms with van der Waals surface area (Å²) in [5.41, 5.74) is 0. The highest BCUT2D eigenvalue weighted by atomic mass is 15.2. The Hall–Kier alpha value is -1.82. The summed E-state index contributed by atoms with van der Waals surface area (Å²) in [4.78, 5) is 11.2. The smallest absolute Gasteiger partial charge is 0.191 e. The van der Waals surface area contributed by atoms with E-state index in [1.807, 2.05) is 31.4 Å². The Morgan fingerprint density at radius 1 is 1.24 bits per heavy atom. The molecule has 3 N–H and O–H groups in total. The SMILES string of the molecule is CN=C(NCCCCNc1ccccn1)NC1CCN(C(C)C)CC1. The number of anilines is 1. The van der Waals surface area contributed by atoms with Crippen molar-refractivity contribution in [3.63, 3.8) is 0 Å². The third-order valence-corrected chi connectivity index (χ3v) is 4.69. The number of aromatic nitrogens is 1. The van der Waals surface area contributed by atoms with Gasteiger partial charge in [0.25, 0.3) is 0 Å². The van der Waals surface area contributed by atoms with E-state index in [0.29, 0.717) is 12.1 Å². The molecule has 1 aromatic rings. The number of nitrogens with one attached hydrogen (secondary N) is 3.